The van der Waals surface area contributed by atoms with E-state index < -0.39 is 0 Å². The van der Waals surface area contributed by atoms with Gasteiger partial charge in [0, 0.05) is 19.6 Å². The van der Waals surface area contributed by atoms with Crippen molar-refractivity contribution in [2.75, 3.05) is 30.1 Å². The van der Waals surface area contributed by atoms with Crippen molar-refractivity contribution in [1.82, 2.24) is 15.2 Å². The van der Waals surface area contributed by atoms with E-state index >= 15 is 0 Å². The normalized spacial score (nSPS) is 12.3. The van der Waals surface area contributed by atoms with Gasteiger partial charge in [-0.3, -0.25) is 0 Å². The summed E-state index contributed by atoms with van der Waals surface area (Å²) in [5.41, 5.74) is 1.07. The van der Waals surface area contributed by atoms with Gasteiger partial charge in [-0.2, -0.15) is 10.1 Å². The largest absolute Gasteiger partial charge is 0.454 e. The maximum Gasteiger partial charge on any atom is 0.244 e. The lowest BCUT2D eigenvalue weighted by atomic mass is 10.2. The van der Waals surface area contributed by atoms with Crippen LogP contribution in [0.2, 0.25) is 0 Å². The molecule has 1 N–H and O–H groups in total. The molecular weight excluding hydrogens is 282 g/mol. The van der Waals surface area contributed by atoms with Crippen LogP contribution in [0.25, 0.3) is 0 Å². The molecule has 1 aliphatic heterocycles. The molecule has 1 aromatic carbocycles. The molecule has 7 heteroatoms. The quantitative estimate of drug-likeness (QED) is 0.875. The number of rotatable bonds is 6. The number of hydrogen-bond donors (Lipinski definition) is 1. The van der Waals surface area contributed by atoms with Gasteiger partial charge in [-0.25, -0.2) is 0 Å². The summed E-state index contributed by atoms with van der Waals surface area (Å²) in [7, 11) is 0. The number of aromatic nitrogens is 3. The second-order valence-corrected chi connectivity index (χ2v) is 4.85. The lowest BCUT2D eigenvalue weighted by molar-refractivity contribution is 0.174. The minimum Gasteiger partial charge on any atom is -0.454 e. The van der Waals surface area contributed by atoms with Gasteiger partial charge in [0.2, 0.25) is 12.7 Å². The van der Waals surface area contributed by atoms with E-state index in [4.69, 9.17) is 9.47 Å². The van der Waals surface area contributed by atoms with Crippen LogP contribution in [0.1, 0.15) is 19.4 Å². The van der Waals surface area contributed by atoms with Crippen LogP contribution in [0, 0.1) is 0 Å². The second-order valence-electron chi connectivity index (χ2n) is 4.85. The number of ether oxygens (including phenoxy) is 2. The van der Waals surface area contributed by atoms with Crippen LogP contribution in [0.5, 0.6) is 11.5 Å². The zero-order valence-electron chi connectivity index (χ0n) is 12.7. The highest BCUT2D eigenvalue weighted by molar-refractivity contribution is 5.45. The lowest BCUT2D eigenvalue weighted by Crippen LogP contribution is -2.23. The summed E-state index contributed by atoms with van der Waals surface area (Å²) in [6.45, 7) is 6.83. The maximum atomic E-state index is 5.37. The molecule has 7 nitrogen and oxygen atoms in total. The van der Waals surface area contributed by atoms with Crippen molar-refractivity contribution in [2.24, 2.45) is 0 Å². The molecule has 0 saturated carbocycles. The van der Waals surface area contributed by atoms with Crippen molar-refractivity contribution in [1.29, 1.82) is 0 Å². The summed E-state index contributed by atoms with van der Waals surface area (Å²) in [5.74, 6) is 2.90. The smallest absolute Gasteiger partial charge is 0.244 e. The molecule has 0 radical (unpaired) electrons. The molecule has 1 aromatic heterocycles. The third-order valence-electron chi connectivity index (χ3n) is 3.52. The first-order valence-electron chi connectivity index (χ1n) is 7.37. The summed E-state index contributed by atoms with van der Waals surface area (Å²) < 4.78 is 10.7. The van der Waals surface area contributed by atoms with Crippen LogP contribution in [0.15, 0.2) is 24.4 Å². The second kappa shape index (κ2) is 6.46. The summed E-state index contributed by atoms with van der Waals surface area (Å²) in [6.07, 6.45) is 1.68. The maximum absolute atomic E-state index is 5.37. The fraction of sp³-hybridized carbons (Fsp3) is 0.400. The topological polar surface area (TPSA) is 72.4 Å². The van der Waals surface area contributed by atoms with Crippen molar-refractivity contribution in [3.8, 4) is 11.5 Å². The van der Waals surface area contributed by atoms with E-state index in [0.29, 0.717) is 12.5 Å². The van der Waals surface area contributed by atoms with Gasteiger partial charge in [0.1, 0.15) is 0 Å². The molecule has 0 fully saturated rings. The van der Waals surface area contributed by atoms with Crippen LogP contribution in [0.3, 0.4) is 0 Å². The Balaban J connectivity index is 1.67. The Morgan fingerprint density at radius 1 is 1.18 bits per heavy atom. The summed E-state index contributed by atoms with van der Waals surface area (Å²) in [6, 6.07) is 5.85. The third kappa shape index (κ3) is 3.03. The Hall–Kier alpha value is -2.57. The molecule has 116 valence electrons. The Labute approximate surface area is 129 Å². The van der Waals surface area contributed by atoms with Crippen molar-refractivity contribution >= 4 is 11.8 Å². The molecule has 0 saturated heterocycles. The molecule has 1 aliphatic rings. The van der Waals surface area contributed by atoms with Gasteiger partial charge >= 0.3 is 0 Å². The molecule has 2 aromatic rings. The number of nitrogens with zero attached hydrogens (tertiary/aromatic N) is 4. The number of benzene rings is 1. The highest BCUT2D eigenvalue weighted by Gasteiger charge is 2.13. The SMILES string of the molecule is CCN(CC)c1cnnc(NCc2ccc3c(c2)OCO3)n1. The van der Waals surface area contributed by atoms with E-state index in [0.717, 1.165) is 36.0 Å². The molecular formula is C15H19N5O2. The number of hydrogen-bond acceptors (Lipinski definition) is 7. The first-order valence-corrected chi connectivity index (χ1v) is 7.37. The van der Waals surface area contributed by atoms with Crippen molar-refractivity contribution in [2.45, 2.75) is 20.4 Å². The van der Waals surface area contributed by atoms with Crippen LogP contribution in [-0.2, 0) is 6.54 Å². The van der Waals surface area contributed by atoms with Gasteiger partial charge in [0.15, 0.2) is 17.3 Å². The molecule has 0 amide bonds. The van der Waals surface area contributed by atoms with Crippen LogP contribution in [0.4, 0.5) is 11.8 Å². The molecule has 0 spiro atoms. The summed E-state index contributed by atoms with van der Waals surface area (Å²) in [5, 5.41) is 11.2. The average Bonchev–Trinajstić information content (AvgIpc) is 3.02. The fourth-order valence-corrected chi connectivity index (χ4v) is 2.30. The minimum absolute atomic E-state index is 0.283. The first-order chi connectivity index (χ1) is 10.8. The minimum atomic E-state index is 0.283. The number of nitrogens with one attached hydrogen (secondary N) is 1. The van der Waals surface area contributed by atoms with E-state index in [9.17, 15) is 0 Å². The zero-order chi connectivity index (χ0) is 15.4. The predicted molar refractivity (Wildman–Crippen MR) is 83.3 cm³/mol. The average molecular weight is 301 g/mol. The number of anilines is 2. The van der Waals surface area contributed by atoms with E-state index in [1.807, 2.05) is 18.2 Å². The van der Waals surface area contributed by atoms with E-state index in [1.165, 1.54) is 0 Å². The van der Waals surface area contributed by atoms with Crippen molar-refractivity contribution in [3.63, 3.8) is 0 Å². The molecule has 0 aliphatic carbocycles. The standard InChI is InChI=1S/C15H19N5O2/c1-3-20(4-2)14-9-17-19-15(18-14)16-8-11-5-6-12-13(7-11)22-10-21-12/h5-7,9H,3-4,8,10H2,1-2H3,(H,16,18,19). The Morgan fingerprint density at radius 2 is 2.00 bits per heavy atom. The van der Waals surface area contributed by atoms with Crippen LogP contribution in [-0.4, -0.2) is 35.1 Å². The lowest BCUT2D eigenvalue weighted by Gasteiger charge is -2.19. The highest BCUT2D eigenvalue weighted by Crippen LogP contribution is 2.32. The molecule has 0 bridgehead atoms. The van der Waals surface area contributed by atoms with E-state index in [2.05, 4.69) is 39.2 Å². The van der Waals surface area contributed by atoms with E-state index in [-0.39, 0.29) is 6.79 Å². The van der Waals surface area contributed by atoms with Gasteiger partial charge in [0.25, 0.3) is 0 Å². The van der Waals surface area contributed by atoms with Gasteiger partial charge < -0.3 is 19.7 Å². The Morgan fingerprint density at radius 3 is 2.82 bits per heavy atom. The molecule has 3 rings (SSSR count). The van der Waals surface area contributed by atoms with Gasteiger partial charge in [-0.15, -0.1) is 5.10 Å². The molecule has 0 atom stereocenters. The van der Waals surface area contributed by atoms with Gasteiger partial charge in [0.05, 0.1) is 6.20 Å². The summed E-state index contributed by atoms with van der Waals surface area (Å²) in [4.78, 5) is 6.61. The molecule has 2 heterocycles. The van der Waals surface area contributed by atoms with Crippen LogP contribution >= 0.6 is 0 Å². The molecule has 0 unspecified atom stereocenters. The number of fused-ring (bicyclic) bond motifs is 1. The third-order valence-corrected chi connectivity index (χ3v) is 3.52. The predicted octanol–water partition coefficient (Wildman–Crippen LogP) is 2.06. The van der Waals surface area contributed by atoms with Gasteiger partial charge in [-0.1, -0.05) is 6.07 Å². The van der Waals surface area contributed by atoms with Gasteiger partial charge in [-0.05, 0) is 31.5 Å². The van der Waals surface area contributed by atoms with Crippen molar-refractivity contribution < 1.29 is 9.47 Å². The van der Waals surface area contributed by atoms with Crippen molar-refractivity contribution in [3.05, 3.63) is 30.0 Å². The summed E-state index contributed by atoms with van der Waals surface area (Å²) >= 11 is 0. The first kappa shape index (κ1) is 14.4. The van der Waals surface area contributed by atoms with Crippen LogP contribution < -0.4 is 19.7 Å². The fourth-order valence-electron chi connectivity index (χ4n) is 2.30. The highest BCUT2D eigenvalue weighted by atomic mass is 16.7. The zero-order valence-corrected chi connectivity index (χ0v) is 12.7. The monoisotopic (exact) mass is 301 g/mol. The Bertz CT molecular complexity index is 646. The Kier molecular flexibility index (Phi) is 4.22. The van der Waals surface area contributed by atoms with E-state index in [1.54, 1.807) is 6.20 Å². The molecule has 22 heavy (non-hydrogen) atoms.